The summed E-state index contributed by atoms with van der Waals surface area (Å²) >= 11 is 11.9. The minimum atomic E-state index is -1.23. The molecule has 0 aromatic heterocycles. The Morgan fingerprint density at radius 3 is 2.80 bits per heavy atom. The SMILES string of the molecule is CCC(=O)C1(Cl)C=CC=CC1C(Cl)=NO. The summed E-state index contributed by atoms with van der Waals surface area (Å²) in [4.78, 5) is 10.5. The van der Waals surface area contributed by atoms with Gasteiger partial charge in [-0.3, -0.25) is 4.79 Å². The average Bonchev–Trinajstić information content (AvgIpc) is 2.27. The quantitative estimate of drug-likeness (QED) is 0.361. The van der Waals surface area contributed by atoms with Gasteiger partial charge in [-0.2, -0.15) is 0 Å². The van der Waals surface area contributed by atoms with E-state index in [0.29, 0.717) is 6.42 Å². The van der Waals surface area contributed by atoms with Gasteiger partial charge in [0.25, 0.3) is 0 Å². The van der Waals surface area contributed by atoms with Crippen LogP contribution >= 0.6 is 23.2 Å². The Hall–Kier alpha value is -0.800. The topological polar surface area (TPSA) is 49.7 Å². The van der Waals surface area contributed by atoms with E-state index in [-0.39, 0.29) is 11.0 Å². The summed E-state index contributed by atoms with van der Waals surface area (Å²) in [5.41, 5.74) is 0. The highest BCUT2D eigenvalue weighted by atomic mass is 35.5. The van der Waals surface area contributed by atoms with Gasteiger partial charge in [-0.1, -0.05) is 48.0 Å². The zero-order valence-electron chi connectivity index (χ0n) is 8.15. The first kappa shape index (κ1) is 12.3. The number of halogens is 2. The number of hydrogen-bond acceptors (Lipinski definition) is 3. The Kier molecular flexibility index (Phi) is 3.94. The Balaban J connectivity index is 3.09. The normalized spacial score (nSPS) is 30.6. The van der Waals surface area contributed by atoms with Crippen LogP contribution in [0.15, 0.2) is 29.5 Å². The Labute approximate surface area is 98.1 Å². The van der Waals surface area contributed by atoms with Crippen molar-refractivity contribution >= 4 is 34.2 Å². The monoisotopic (exact) mass is 247 g/mol. The number of hydrogen-bond donors (Lipinski definition) is 1. The van der Waals surface area contributed by atoms with Crippen LogP contribution in [0.2, 0.25) is 0 Å². The molecule has 2 atom stereocenters. The first-order valence-corrected chi connectivity index (χ1v) is 5.27. The van der Waals surface area contributed by atoms with Gasteiger partial charge in [0.2, 0.25) is 0 Å². The molecule has 1 aliphatic rings. The van der Waals surface area contributed by atoms with Crippen LogP contribution in [0.5, 0.6) is 0 Å². The summed E-state index contributed by atoms with van der Waals surface area (Å²) in [5, 5.41) is 11.4. The number of alkyl halides is 1. The van der Waals surface area contributed by atoms with Crippen LogP contribution < -0.4 is 0 Å². The van der Waals surface area contributed by atoms with Crippen molar-refractivity contribution in [3.05, 3.63) is 24.3 Å². The predicted molar refractivity (Wildman–Crippen MR) is 60.7 cm³/mol. The number of carbonyl (C=O) groups is 1. The number of nitrogens with zero attached hydrogens (tertiary/aromatic N) is 1. The maximum atomic E-state index is 11.7. The van der Waals surface area contributed by atoms with E-state index in [1.54, 1.807) is 31.2 Å². The third-order valence-electron chi connectivity index (χ3n) is 2.31. The largest absolute Gasteiger partial charge is 0.410 e. The van der Waals surface area contributed by atoms with E-state index < -0.39 is 10.8 Å². The molecule has 0 amide bonds. The van der Waals surface area contributed by atoms with Crippen LogP contribution in [-0.2, 0) is 4.79 Å². The number of Topliss-reactive ketones (excluding diaryl/α,β-unsaturated/α-hetero) is 1. The Morgan fingerprint density at radius 1 is 1.60 bits per heavy atom. The lowest BCUT2D eigenvalue weighted by atomic mass is 9.84. The maximum Gasteiger partial charge on any atom is 0.158 e. The average molecular weight is 248 g/mol. The van der Waals surface area contributed by atoms with Crippen LogP contribution in [0.3, 0.4) is 0 Å². The van der Waals surface area contributed by atoms with Gasteiger partial charge < -0.3 is 5.21 Å². The van der Waals surface area contributed by atoms with E-state index in [9.17, 15) is 4.79 Å². The molecule has 1 rings (SSSR count). The summed E-state index contributed by atoms with van der Waals surface area (Å²) in [7, 11) is 0. The van der Waals surface area contributed by atoms with Crippen molar-refractivity contribution in [2.75, 3.05) is 0 Å². The standard InChI is InChI=1S/C10H11Cl2NO2/c1-2-8(14)10(12)6-4-3-5-7(10)9(11)13-15/h3-7,15H,2H2,1H3. The number of allylic oxidation sites excluding steroid dienone is 4. The molecular weight excluding hydrogens is 237 g/mol. The summed E-state index contributed by atoms with van der Waals surface area (Å²) in [6.07, 6.45) is 6.90. The molecule has 0 aromatic rings. The molecule has 82 valence electrons. The van der Waals surface area contributed by atoms with Crippen LogP contribution in [0.4, 0.5) is 0 Å². The minimum absolute atomic E-state index is 0.0904. The molecule has 15 heavy (non-hydrogen) atoms. The summed E-state index contributed by atoms with van der Waals surface area (Å²) < 4.78 is 0. The number of oxime groups is 1. The summed E-state index contributed by atoms with van der Waals surface area (Å²) in [6, 6.07) is 0. The highest BCUT2D eigenvalue weighted by Crippen LogP contribution is 2.35. The van der Waals surface area contributed by atoms with Crippen molar-refractivity contribution in [2.24, 2.45) is 11.1 Å². The lowest BCUT2D eigenvalue weighted by Crippen LogP contribution is -2.41. The van der Waals surface area contributed by atoms with Crippen molar-refractivity contribution in [3.63, 3.8) is 0 Å². The number of carbonyl (C=O) groups excluding carboxylic acids is 1. The lowest BCUT2D eigenvalue weighted by molar-refractivity contribution is -0.120. The van der Waals surface area contributed by atoms with Crippen LogP contribution in [-0.4, -0.2) is 21.0 Å². The molecule has 0 radical (unpaired) electrons. The van der Waals surface area contributed by atoms with Gasteiger partial charge in [-0.25, -0.2) is 0 Å². The molecule has 0 aromatic carbocycles. The summed E-state index contributed by atoms with van der Waals surface area (Å²) in [5.74, 6) is -0.764. The van der Waals surface area contributed by atoms with Crippen molar-refractivity contribution in [1.82, 2.24) is 0 Å². The third kappa shape index (κ3) is 2.24. The zero-order chi connectivity index (χ0) is 11.5. The van der Waals surface area contributed by atoms with Gasteiger partial charge in [0.1, 0.15) is 4.87 Å². The number of ketones is 1. The second kappa shape index (κ2) is 4.81. The lowest BCUT2D eigenvalue weighted by Gasteiger charge is -2.29. The van der Waals surface area contributed by atoms with E-state index in [1.807, 2.05) is 0 Å². The minimum Gasteiger partial charge on any atom is -0.410 e. The van der Waals surface area contributed by atoms with E-state index >= 15 is 0 Å². The van der Waals surface area contributed by atoms with E-state index in [1.165, 1.54) is 0 Å². The molecule has 3 nitrogen and oxygen atoms in total. The van der Waals surface area contributed by atoms with E-state index in [2.05, 4.69) is 5.16 Å². The van der Waals surface area contributed by atoms with Crippen LogP contribution in [0, 0.1) is 5.92 Å². The van der Waals surface area contributed by atoms with Gasteiger partial charge >= 0.3 is 0 Å². The molecule has 0 fully saturated rings. The van der Waals surface area contributed by atoms with Crippen LogP contribution in [0.25, 0.3) is 0 Å². The molecule has 0 aliphatic heterocycles. The first-order chi connectivity index (χ1) is 7.06. The maximum absolute atomic E-state index is 11.7. The summed E-state index contributed by atoms with van der Waals surface area (Å²) in [6.45, 7) is 1.72. The van der Waals surface area contributed by atoms with Crippen molar-refractivity contribution < 1.29 is 10.0 Å². The first-order valence-electron chi connectivity index (χ1n) is 4.52. The highest BCUT2D eigenvalue weighted by molar-refractivity contribution is 6.67. The van der Waals surface area contributed by atoms with Gasteiger partial charge in [0, 0.05) is 6.42 Å². The molecule has 1 aliphatic carbocycles. The van der Waals surface area contributed by atoms with Crippen molar-refractivity contribution in [1.29, 1.82) is 0 Å². The second-order valence-corrected chi connectivity index (χ2v) is 4.20. The molecule has 0 spiro atoms. The fourth-order valence-corrected chi connectivity index (χ4v) is 2.15. The van der Waals surface area contributed by atoms with Crippen molar-refractivity contribution in [3.8, 4) is 0 Å². The fourth-order valence-electron chi connectivity index (χ4n) is 1.47. The molecule has 5 heteroatoms. The number of rotatable bonds is 3. The van der Waals surface area contributed by atoms with Gasteiger partial charge in [0.05, 0.1) is 5.92 Å². The van der Waals surface area contributed by atoms with Crippen LogP contribution in [0.1, 0.15) is 13.3 Å². The molecule has 0 saturated carbocycles. The zero-order valence-corrected chi connectivity index (χ0v) is 9.66. The molecule has 2 unspecified atom stereocenters. The Bertz CT molecular complexity index is 349. The molecule has 1 N–H and O–H groups in total. The fraction of sp³-hybridized carbons (Fsp3) is 0.400. The van der Waals surface area contributed by atoms with Gasteiger partial charge in [-0.05, 0) is 0 Å². The van der Waals surface area contributed by atoms with E-state index in [4.69, 9.17) is 28.4 Å². The van der Waals surface area contributed by atoms with E-state index in [0.717, 1.165) is 0 Å². The third-order valence-corrected chi connectivity index (χ3v) is 3.19. The molecule has 0 saturated heterocycles. The molecule has 0 bridgehead atoms. The second-order valence-electron chi connectivity index (χ2n) is 3.19. The molecule has 0 heterocycles. The molecular formula is C10H11Cl2NO2. The highest BCUT2D eigenvalue weighted by Gasteiger charge is 2.42. The van der Waals surface area contributed by atoms with Gasteiger partial charge in [0.15, 0.2) is 11.0 Å². The van der Waals surface area contributed by atoms with Crippen molar-refractivity contribution in [2.45, 2.75) is 18.2 Å². The predicted octanol–water partition coefficient (Wildman–Crippen LogP) is 2.71. The smallest absolute Gasteiger partial charge is 0.158 e. The Morgan fingerprint density at radius 2 is 2.27 bits per heavy atom. The van der Waals surface area contributed by atoms with Gasteiger partial charge in [-0.15, -0.1) is 11.6 Å².